The van der Waals surface area contributed by atoms with Crippen molar-refractivity contribution in [3.05, 3.63) is 88.5 Å². The van der Waals surface area contributed by atoms with Crippen molar-refractivity contribution < 1.29 is 17.9 Å². The Kier molecular flexibility index (Phi) is 6.51. The number of benzene rings is 3. The number of nitrogens with one attached hydrogen (secondary N) is 1. The lowest BCUT2D eigenvalue weighted by atomic mass is 9.89. The molecule has 1 heterocycles. The van der Waals surface area contributed by atoms with Gasteiger partial charge in [0, 0.05) is 0 Å². The molecule has 7 heteroatoms. The molecule has 3 aromatic rings. The molecular weight excluding hydrogens is 472 g/mol. The molecule has 2 atom stereocenters. The van der Waals surface area contributed by atoms with E-state index in [1.807, 2.05) is 26.8 Å². The zero-order valence-electron chi connectivity index (χ0n) is 21.0. The summed E-state index contributed by atoms with van der Waals surface area (Å²) in [5, 5.41) is 3.05. The van der Waals surface area contributed by atoms with Crippen molar-refractivity contribution in [2.45, 2.75) is 63.5 Å². The molecule has 5 rings (SSSR count). The molecule has 1 aliphatic heterocycles. The number of hydrogen-bond acceptors (Lipinski definition) is 4. The molecule has 1 amide bonds. The number of rotatable bonds is 5. The van der Waals surface area contributed by atoms with Gasteiger partial charge >= 0.3 is 0 Å². The highest BCUT2D eigenvalue weighted by atomic mass is 32.2. The van der Waals surface area contributed by atoms with Crippen molar-refractivity contribution in [3.63, 3.8) is 0 Å². The first-order chi connectivity index (χ1) is 17.2. The van der Waals surface area contributed by atoms with E-state index >= 15 is 0 Å². The first-order valence-electron chi connectivity index (χ1n) is 12.5. The summed E-state index contributed by atoms with van der Waals surface area (Å²) >= 11 is 0. The monoisotopic (exact) mass is 504 g/mol. The highest BCUT2D eigenvalue weighted by molar-refractivity contribution is 7.92. The molecule has 2 aliphatic rings. The van der Waals surface area contributed by atoms with Gasteiger partial charge in [-0.15, -0.1) is 0 Å². The second-order valence-electron chi connectivity index (χ2n) is 9.89. The molecule has 0 saturated carbocycles. The molecule has 1 aliphatic carbocycles. The molecule has 3 aromatic carbocycles. The fourth-order valence-electron chi connectivity index (χ4n) is 4.98. The normalized spacial score (nSPS) is 18.0. The average molecular weight is 505 g/mol. The molecule has 0 fully saturated rings. The highest BCUT2D eigenvalue weighted by Crippen LogP contribution is 2.38. The summed E-state index contributed by atoms with van der Waals surface area (Å²) in [5.74, 6) is 0.0509. The van der Waals surface area contributed by atoms with Gasteiger partial charge < -0.3 is 10.1 Å². The third-order valence-corrected chi connectivity index (χ3v) is 8.91. The van der Waals surface area contributed by atoms with Gasteiger partial charge in [-0.25, -0.2) is 8.42 Å². The largest absolute Gasteiger partial charge is 0.476 e. The van der Waals surface area contributed by atoms with E-state index in [0.717, 1.165) is 29.5 Å². The lowest BCUT2D eigenvalue weighted by Crippen LogP contribution is -2.51. The fourth-order valence-corrected chi connectivity index (χ4v) is 6.45. The van der Waals surface area contributed by atoms with Crippen LogP contribution in [0.2, 0.25) is 0 Å². The number of amides is 1. The molecule has 0 saturated heterocycles. The maximum Gasteiger partial charge on any atom is 0.264 e. The minimum Gasteiger partial charge on any atom is -0.476 e. The number of anilines is 1. The summed E-state index contributed by atoms with van der Waals surface area (Å²) in [4.78, 5) is 13.5. The van der Waals surface area contributed by atoms with Crippen LogP contribution in [0.25, 0.3) is 0 Å². The van der Waals surface area contributed by atoms with Crippen molar-refractivity contribution in [1.82, 2.24) is 5.32 Å². The van der Waals surface area contributed by atoms with Crippen LogP contribution in [0.1, 0.15) is 53.6 Å². The van der Waals surface area contributed by atoms with Crippen LogP contribution in [0.15, 0.2) is 65.6 Å². The van der Waals surface area contributed by atoms with E-state index in [1.165, 1.54) is 28.3 Å². The van der Waals surface area contributed by atoms with Gasteiger partial charge in [-0.2, -0.15) is 0 Å². The van der Waals surface area contributed by atoms with Crippen molar-refractivity contribution in [2.24, 2.45) is 0 Å². The van der Waals surface area contributed by atoms with Crippen LogP contribution in [-0.4, -0.2) is 27.0 Å². The third kappa shape index (κ3) is 4.72. The summed E-state index contributed by atoms with van der Waals surface area (Å²) in [7, 11) is -3.89. The van der Waals surface area contributed by atoms with E-state index < -0.39 is 16.1 Å². The Morgan fingerprint density at radius 2 is 1.64 bits per heavy atom. The SMILES string of the molecule is Cc1ccc(S(=O)(=O)N2C[C@H](C(=O)N[C@H](C)c3ccc4c(c3)CCCC4)Oc3cc(C)ccc32)cc1. The van der Waals surface area contributed by atoms with Crippen LogP contribution in [-0.2, 0) is 27.7 Å². The van der Waals surface area contributed by atoms with Gasteiger partial charge in [0.2, 0.25) is 0 Å². The van der Waals surface area contributed by atoms with Gasteiger partial charge in [0.25, 0.3) is 15.9 Å². The second-order valence-corrected chi connectivity index (χ2v) is 11.8. The third-order valence-electron chi connectivity index (χ3n) is 7.12. The lowest BCUT2D eigenvalue weighted by molar-refractivity contribution is -0.128. The first kappa shape index (κ1) is 24.4. The fraction of sp³-hybridized carbons (Fsp3) is 0.345. The molecule has 0 spiro atoms. The summed E-state index contributed by atoms with van der Waals surface area (Å²) < 4.78 is 34.6. The van der Waals surface area contributed by atoms with E-state index in [9.17, 15) is 13.2 Å². The van der Waals surface area contributed by atoms with E-state index in [1.54, 1.807) is 36.4 Å². The molecule has 6 nitrogen and oxygen atoms in total. The minimum absolute atomic E-state index is 0.102. The Labute approximate surface area is 213 Å². The molecule has 0 aromatic heterocycles. The zero-order chi connectivity index (χ0) is 25.4. The summed E-state index contributed by atoms with van der Waals surface area (Å²) in [5.41, 5.74) is 6.12. The predicted molar refractivity (Wildman–Crippen MR) is 141 cm³/mol. The zero-order valence-corrected chi connectivity index (χ0v) is 21.8. The van der Waals surface area contributed by atoms with Crippen LogP contribution in [0, 0.1) is 13.8 Å². The number of ether oxygens (including phenoxy) is 1. The lowest BCUT2D eigenvalue weighted by Gasteiger charge is -2.35. The maximum atomic E-state index is 13.6. The molecular formula is C29H32N2O4S. The van der Waals surface area contributed by atoms with Gasteiger partial charge in [-0.1, -0.05) is 42.0 Å². The summed E-state index contributed by atoms with van der Waals surface area (Å²) in [6.07, 6.45) is 3.62. The summed E-state index contributed by atoms with van der Waals surface area (Å²) in [6, 6.07) is 18.3. The quantitative estimate of drug-likeness (QED) is 0.530. The number of carbonyl (C=O) groups excluding carboxylic acids is 1. The smallest absolute Gasteiger partial charge is 0.264 e. The minimum atomic E-state index is -3.89. The number of hydrogen-bond donors (Lipinski definition) is 1. The van der Waals surface area contributed by atoms with Crippen LogP contribution >= 0.6 is 0 Å². The Hall–Kier alpha value is -3.32. The van der Waals surface area contributed by atoms with E-state index in [2.05, 4.69) is 23.5 Å². The van der Waals surface area contributed by atoms with Crippen molar-refractivity contribution in [1.29, 1.82) is 0 Å². The predicted octanol–water partition coefficient (Wildman–Crippen LogP) is 5.02. The van der Waals surface area contributed by atoms with Gasteiger partial charge in [-0.05, 0) is 93.0 Å². The Bertz CT molecular complexity index is 1400. The molecule has 0 unspecified atom stereocenters. The average Bonchev–Trinajstić information content (AvgIpc) is 2.87. The number of nitrogens with zero attached hydrogens (tertiary/aromatic N) is 1. The molecule has 36 heavy (non-hydrogen) atoms. The second kappa shape index (κ2) is 9.62. The van der Waals surface area contributed by atoms with Crippen LogP contribution in [0.3, 0.4) is 0 Å². The van der Waals surface area contributed by atoms with Gasteiger partial charge in [0.15, 0.2) is 6.10 Å². The van der Waals surface area contributed by atoms with Gasteiger partial charge in [-0.3, -0.25) is 9.10 Å². The highest BCUT2D eigenvalue weighted by Gasteiger charge is 2.38. The van der Waals surface area contributed by atoms with Crippen molar-refractivity contribution >= 4 is 21.6 Å². The maximum absolute atomic E-state index is 13.6. The number of sulfonamides is 1. The van der Waals surface area contributed by atoms with E-state index in [-0.39, 0.29) is 23.4 Å². The topological polar surface area (TPSA) is 75.7 Å². The molecule has 0 bridgehead atoms. The summed E-state index contributed by atoms with van der Waals surface area (Å²) in [6.45, 7) is 5.66. The number of aryl methyl sites for hydroxylation is 4. The van der Waals surface area contributed by atoms with Crippen molar-refractivity contribution in [3.8, 4) is 5.75 Å². The Morgan fingerprint density at radius 1 is 0.944 bits per heavy atom. The number of carbonyl (C=O) groups is 1. The Morgan fingerprint density at radius 3 is 2.39 bits per heavy atom. The van der Waals surface area contributed by atoms with Gasteiger partial charge in [0.1, 0.15) is 5.75 Å². The van der Waals surface area contributed by atoms with Crippen molar-refractivity contribution in [2.75, 3.05) is 10.8 Å². The number of fused-ring (bicyclic) bond motifs is 2. The van der Waals surface area contributed by atoms with E-state index in [0.29, 0.717) is 11.4 Å². The van der Waals surface area contributed by atoms with Gasteiger partial charge in [0.05, 0.1) is 23.2 Å². The standard InChI is InChI=1S/C29H32N2O4S/c1-19-8-13-25(14-9-19)36(33,34)31-18-28(35-27-16-20(2)10-15-26(27)31)29(32)30-21(3)23-12-11-22-6-4-5-7-24(22)17-23/h8-17,21,28H,4-7,18H2,1-3H3,(H,30,32)/t21-,28-/m1/s1. The van der Waals surface area contributed by atoms with Crippen LogP contribution in [0.5, 0.6) is 5.75 Å². The van der Waals surface area contributed by atoms with E-state index in [4.69, 9.17) is 4.74 Å². The first-order valence-corrected chi connectivity index (χ1v) is 14.0. The molecule has 0 radical (unpaired) electrons. The Balaban J connectivity index is 1.41. The molecule has 188 valence electrons. The molecule has 1 N–H and O–H groups in total. The van der Waals surface area contributed by atoms with Crippen LogP contribution < -0.4 is 14.4 Å². The van der Waals surface area contributed by atoms with Crippen LogP contribution in [0.4, 0.5) is 5.69 Å².